The Labute approximate surface area is 102 Å². The number of aryl methyl sites for hydroxylation is 1. The number of carbonyl (C=O) groups is 1. The highest BCUT2D eigenvalue weighted by molar-refractivity contribution is 9.10. The third-order valence-electron chi connectivity index (χ3n) is 2.40. The molecule has 0 bridgehead atoms. The molecule has 0 spiro atoms. The summed E-state index contributed by atoms with van der Waals surface area (Å²) in [5.41, 5.74) is 2.25. The lowest BCUT2D eigenvalue weighted by molar-refractivity contribution is 0.103. The van der Waals surface area contributed by atoms with E-state index in [2.05, 4.69) is 20.9 Å². The molecule has 0 aliphatic carbocycles. The highest BCUT2D eigenvalue weighted by Gasteiger charge is 2.13. The molecule has 2 nitrogen and oxygen atoms in total. The molecule has 0 fully saturated rings. The fourth-order valence-corrected chi connectivity index (χ4v) is 1.96. The van der Waals surface area contributed by atoms with Crippen molar-refractivity contribution >= 4 is 21.7 Å². The standard InChI is InChI=1S/C13H10BrNO/c1-9-6-7-15-8-11(9)13(16)10-4-2-3-5-12(10)14/h2-8H,1H3. The third-order valence-corrected chi connectivity index (χ3v) is 3.09. The fourth-order valence-electron chi connectivity index (χ4n) is 1.49. The maximum absolute atomic E-state index is 12.2. The van der Waals surface area contributed by atoms with Crippen molar-refractivity contribution in [2.45, 2.75) is 6.92 Å². The molecule has 1 aromatic carbocycles. The second kappa shape index (κ2) is 4.58. The Balaban J connectivity index is 2.48. The summed E-state index contributed by atoms with van der Waals surface area (Å²) in [6.45, 7) is 1.91. The van der Waals surface area contributed by atoms with Gasteiger partial charge in [-0.2, -0.15) is 0 Å². The average Bonchev–Trinajstić information content (AvgIpc) is 2.29. The maximum Gasteiger partial charge on any atom is 0.195 e. The van der Waals surface area contributed by atoms with E-state index < -0.39 is 0 Å². The molecule has 0 saturated carbocycles. The van der Waals surface area contributed by atoms with Gasteiger partial charge in [0.1, 0.15) is 0 Å². The largest absolute Gasteiger partial charge is 0.288 e. The van der Waals surface area contributed by atoms with E-state index in [0.29, 0.717) is 11.1 Å². The predicted octanol–water partition coefficient (Wildman–Crippen LogP) is 3.38. The van der Waals surface area contributed by atoms with Crippen LogP contribution in [0.2, 0.25) is 0 Å². The van der Waals surface area contributed by atoms with Crippen LogP contribution >= 0.6 is 15.9 Å². The van der Waals surface area contributed by atoms with Crippen LogP contribution in [-0.4, -0.2) is 10.8 Å². The zero-order valence-electron chi connectivity index (χ0n) is 8.77. The van der Waals surface area contributed by atoms with Gasteiger partial charge in [-0.15, -0.1) is 0 Å². The van der Waals surface area contributed by atoms with Crippen LogP contribution in [0.25, 0.3) is 0 Å². The van der Waals surface area contributed by atoms with Gasteiger partial charge in [-0.25, -0.2) is 0 Å². The van der Waals surface area contributed by atoms with Crippen molar-refractivity contribution in [3.8, 4) is 0 Å². The van der Waals surface area contributed by atoms with E-state index >= 15 is 0 Å². The minimum atomic E-state index is -0.00178. The lowest BCUT2D eigenvalue weighted by Gasteiger charge is -2.05. The van der Waals surface area contributed by atoms with Crippen LogP contribution in [0.4, 0.5) is 0 Å². The second-order valence-corrected chi connectivity index (χ2v) is 4.35. The molecular weight excluding hydrogens is 266 g/mol. The van der Waals surface area contributed by atoms with Gasteiger partial charge in [0.2, 0.25) is 0 Å². The monoisotopic (exact) mass is 275 g/mol. The van der Waals surface area contributed by atoms with E-state index in [1.54, 1.807) is 18.5 Å². The van der Waals surface area contributed by atoms with Gasteiger partial charge in [0.15, 0.2) is 5.78 Å². The summed E-state index contributed by atoms with van der Waals surface area (Å²) in [5, 5.41) is 0. The zero-order valence-corrected chi connectivity index (χ0v) is 10.4. The molecule has 0 N–H and O–H groups in total. The minimum absolute atomic E-state index is 0.00178. The third kappa shape index (κ3) is 2.04. The van der Waals surface area contributed by atoms with Crippen molar-refractivity contribution < 1.29 is 4.79 Å². The van der Waals surface area contributed by atoms with Crippen molar-refractivity contribution in [1.82, 2.24) is 4.98 Å². The highest BCUT2D eigenvalue weighted by Crippen LogP contribution is 2.20. The Bertz CT molecular complexity index is 489. The molecule has 0 aliphatic heterocycles. The Kier molecular flexibility index (Phi) is 3.15. The number of rotatable bonds is 2. The van der Waals surface area contributed by atoms with E-state index in [9.17, 15) is 4.79 Å². The first-order valence-electron chi connectivity index (χ1n) is 4.90. The number of nitrogens with zero attached hydrogens (tertiary/aromatic N) is 1. The van der Waals surface area contributed by atoms with Gasteiger partial charge < -0.3 is 0 Å². The van der Waals surface area contributed by atoms with Gasteiger partial charge in [-0.3, -0.25) is 9.78 Å². The summed E-state index contributed by atoms with van der Waals surface area (Å²) in [6.07, 6.45) is 3.29. The molecule has 80 valence electrons. The lowest BCUT2D eigenvalue weighted by Crippen LogP contribution is -2.04. The molecule has 0 radical (unpaired) electrons. The molecule has 0 aliphatic rings. The van der Waals surface area contributed by atoms with Crippen molar-refractivity contribution in [3.05, 3.63) is 63.9 Å². The summed E-state index contributed by atoms with van der Waals surface area (Å²) in [4.78, 5) is 16.2. The number of ketones is 1. The SMILES string of the molecule is Cc1ccncc1C(=O)c1ccccc1Br. The van der Waals surface area contributed by atoms with Gasteiger partial charge in [-0.05, 0) is 30.7 Å². The molecule has 0 saturated heterocycles. The topological polar surface area (TPSA) is 30.0 Å². The van der Waals surface area contributed by atoms with Gasteiger partial charge in [0, 0.05) is 28.0 Å². The molecule has 0 atom stereocenters. The van der Waals surface area contributed by atoms with Crippen LogP contribution < -0.4 is 0 Å². The van der Waals surface area contributed by atoms with Gasteiger partial charge in [0.25, 0.3) is 0 Å². The molecule has 16 heavy (non-hydrogen) atoms. The van der Waals surface area contributed by atoms with Crippen LogP contribution in [-0.2, 0) is 0 Å². The summed E-state index contributed by atoms with van der Waals surface area (Å²) in [6, 6.07) is 9.24. The minimum Gasteiger partial charge on any atom is -0.288 e. The summed E-state index contributed by atoms with van der Waals surface area (Å²) >= 11 is 3.38. The Morgan fingerprint density at radius 2 is 1.94 bits per heavy atom. The van der Waals surface area contributed by atoms with Crippen LogP contribution in [0, 0.1) is 6.92 Å². The van der Waals surface area contributed by atoms with E-state index in [0.717, 1.165) is 10.0 Å². The van der Waals surface area contributed by atoms with E-state index in [4.69, 9.17) is 0 Å². The molecule has 0 amide bonds. The van der Waals surface area contributed by atoms with Gasteiger partial charge in [0.05, 0.1) is 0 Å². The van der Waals surface area contributed by atoms with Crippen LogP contribution in [0.3, 0.4) is 0 Å². The number of hydrogen-bond donors (Lipinski definition) is 0. The van der Waals surface area contributed by atoms with Crippen molar-refractivity contribution in [1.29, 1.82) is 0 Å². The molecule has 0 unspecified atom stereocenters. The van der Waals surface area contributed by atoms with Crippen molar-refractivity contribution in [3.63, 3.8) is 0 Å². The van der Waals surface area contributed by atoms with Gasteiger partial charge >= 0.3 is 0 Å². The average molecular weight is 276 g/mol. The van der Waals surface area contributed by atoms with Crippen molar-refractivity contribution in [2.24, 2.45) is 0 Å². The Morgan fingerprint density at radius 3 is 2.62 bits per heavy atom. The van der Waals surface area contributed by atoms with Gasteiger partial charge in [-0.1, -0.05) is 28.1 Å². The van der Waals surface area contributed by atoms with E-state index in [-0.39, 0.29) is 5.78 Å². The number of carbonyl (C=O) groups excluding carboxylic acids is 1. The maximum atomic E-state index is 12.2. The van der Waals surface area contributed by atoms with E-state index in [1.807, 2.05) is 31.2 Å². The smallest absolute Gasteiger partial charge is 0.195 e. The summed E-state index contributed by atoms with van der Waals surface area (Å²) in [5.74, 6) is -0.00178. The van der Waals surface area contributed by atoms with Crippen LogP contribution in [0.5, 0.6) is 0 Å². The zero-order chi connectivity index (χ0) is 11.5. The van der Waals surface area contributed by atoms with Crippen LogP contribution in [0.15, 0.2) is 47.2 Å². The lowest BCUT2D eigenvalue weighted by atomic mass is 10.0. The molecule has 1 heterocycles. The first kappa shape index (κ1) is 11.0. The second-order valence-electron chi connectivity index (χ2n) is 3.50. The molecule has 2 rings (SSSR count). The predicted molar refractivity (Wildman–Crippen MR) is 66.5 cm³/mol. The number of halogens is 1. The Morgan fingerprint density at radius 1 is 1.19 bits per heavy atom. The van der Waals surface area contributed by atoms with E-state index in [1.165, 1.54) is 0 Å². The number of aromatic nitrogens is 1. The number of benzene rings is 1. The summed E-state index contributed by atoms with van der Waals surface area (Å²) < 4.78 is 0.809. The number of hydrogen-bond acceptors (Lipinski definition) is 2. The molecular formula is C13H10BrNO. The molecule has 1 aromatic heterocycles. The molecule has 3 heteroatoms. The van der Waals surface area contributed by atoms with Crippen molar-refractivity contribution in [2.75, 3.05) is 0 Å². The fraction of sp³-hybridized carbons (Fsp3) is 0.0769. The normalized spacial score (nSPS) is 10.1. The quantitative estimate of drug-likeness (QED) is 0.787. The first-order chi connectivity index (χ1) is 7.70. The summed E-state index contributed by atoms with van der Waals surface area (Å²) in [7, 11) is 0. The first-order valence-corrected chi connectivity index (χ1v) is 5.69. The molecule has 2 aromatic rings. The van der Waals surface area contributed by atoms with Crippen LogP contribution in [0.1, 0.15) is 21.5 Å². The number of pyridine rings is 1. The Hall–Kier alpha value is -1.48. The highest BCUT2D eigenvalue weighted by atomic mass is 79.9.